The summed E-state index contributed by atoms with van der Waals surface area (Å²) in [6, 6.07) is 17.2. The highest BCUT2D eigenvalue weighted by atomic mass is 79.9. The molecular formula is C17H9BrN2O. The van der Waals surface area contributed by atoms with Gasteiger partial charge in [-0.3, -0.25) is 4.79 Å². The van der Waals surface area contributed by atoms with Crippen LogP contribution in [0.2, 0.25) is 0 Å². The zero-order chi connectivity index (χ0) is 14.4. The van der Waals surface area contributed by atoms with Crippen LogP contribution in [0, 0.1) is 0 Å². The molecule has 1 aromatic carbocycles. The van der Waals surface area contributed by atoms with E-state index in [-0.39, 0.29) is 5.78 Å². The summed E-state index contributed by atoms with van der Waals surface area (Å²) in [7, 11) is 0. The Hall–Kier alpha value is -2.33. The van der Waals surface area contributed by atoms with E-state index in [4.69, 9.17) is 0 Å². The van der Waals surface area contributed by atoms with Crippen LogP contribution in [0.15, 0.2) is 59.2 Å². The average Bonchev–Trinajstić information content (AvgIpc) is 2.80. The number of hydrogen-bond acceptors (Lipinski definition) is 3. The lowest BCUT2D eigenvalue weighted by Gasteiger charge is -2.04. The van der Waals surface area contributed by atoms with Crippen LogP contribution in [-0.4, -0.2) is 15.8 Å². The third kappa shape index (κ3) is 1.91. The van der Waals surface area contributed by atoms with E-state index in [2.05, 4.69) is 25.9 Å². The summed E-state index contributed by atoms with van der Waals surface area (Å²) in [4.78, 5) is 21.4. The molecule has 100 valence electrons. The van der Waals surface area contributed by atoms with Crippen molar-refractivity contribution in [3.05, 3.63) is 70.3 Å². The van der Waals surface area contributed by atoms with Crippen molar-refractivity contribution >= 4 is 21.7 Å². The molecule has 0 spiro atoms. The molecule has 3 nitrogen and oxygen atoms in total. The number of benzene rings is 1. The fourth-order valence-electron chi connectivity index (χ4n) is 2.54. The van der Waals surface area contributed by atoms with E-state index in [1.54, 1.807) is 12.1 Å². The number of aromatic nitrogens is 2. The first-order valence-electron chi connectivity index (χ1n) is 6.52. The van der Waals surface area contributed by atoms with Crippen LogP contribution in [0.25, 0.3) is 22.6 Å². The minimum absolute atomic E-state index is 0.00730. The summed E-state index contributed by atoms with van der Waals surface area (Å²) in [5, 5.41) is 0. The van der Waals surface area contributed by atoms with Crippen molar-refractivity contribution in [3.8, 4) is 22.6 Å². The lowest BCUT2D eigenvalue weighted by atomic mass is 10.1. The number of fused-ring (bicyclic) bond motifs is 3. The van der Waals surface area contributed by atoms with Crippen molar-refractivity contribution in [2.24, 2.45) is 0 Å². The highest BCUT2D eigenvalue weighted by Gasteiger charge is 2.29. The first kappa shape index (κ1) is 12.4. The maximum atomic E-state index is 12.4. The average molecular weight is 337 g/mol. The highest BCUT2D eigenvalue weighted by molar-refractivity contribution is 9.10. The molecule has 2 heterocycles. The van der Waals surface area contributed by atoms with Gasteiger partial charge >= 0.3 is 0 Å². The SMILES string of the molecule is O=C1c2ccc(Br)nc2-c2nc(-c3ccccc3)ccc21. The van der Waals surface area contributed by atoms with Gasteiger partial charge in [0.05, 0.1) is 16.8 Å². The summed E-state index contributed by atoms with van der Waals surface area (Å²) in [6.07, 6.45) is 0. The number of rotatable bonds is 1. The van der Waals surface area contributed by atoms with Crippen LogP contribution in [-0.2, 0) is 0 Å². The quantitative estimate of drug-likeness (QED) is 0.491. The second-order valence-electron chi connectivity index (χ2n) is 4.82. The zero-order valence-electron chi connectivity index (χ0n) is 10.9. The third-order valence-corrected chi connectivity index (χ3v) is 3.98. The Morgan fingerprint density at radius 1 is 0.762 bits per heavy atom. The summed E-state index contributed by atoms with van der Waals surface area (Å²) in [5.41, 5.74) is 4.42. The van der Waals surface area contributed by atoms with Gasteiger partial charge in [-0.1, -0.05) is 30.3 Å². The lowest BCUT2D eigenvalue weighted by molar-refractivity contribution is 0.104. The maximum Gasteiger partial charge on any atom is 0.197 e. The zero-order valence-corrected chi connectivity index (χ0v) is 12.5. The van der Waals surface area contributed by atoms with Gasteiger partial charge in [0.15, 0.2) is 5.78 Å². The molecule has 1 aliphatic carbocycles. The van der Waals surface area contributed by atoms with Gasteiger partial charge in [0.25, 0.3) is 0 Å². The van der Waals surface area contributed by atoms with Crippen molar-refractivity contribution in [2.75, 3.05) is 0 Å². The fraction of sp³-hybridized carbons (Fsp3) is 0. The van der Waals surface area contributed by atoms with Gasteiger partial charge in [-0.2, -0.15) is 0 Å². The van der Waals surface area contributed by atoms with Gasteiger partial charge < -0.3 is 0 Å². The smallest absolute Gasteiger partial charge is 0.197 e. The maximum absolute atomic E-state index is 12.4. The molecule has 0 saturated carbocycles. The molecule has 21 heavy (non-hydrogen) atoms. The first-order valence-corrected chi connectivity index (χ1v) is 7.31. The first-order chi connectivity index (χ1) is 10.2. The number of pyridine rings is 2. The number of halogens is 1. The van der Waals surface area contributed by atoms with E-state index in [1.165, 1.54) is 0 Å². The van der Waals surface area contributed by atoms with Gasteiger partial charge in [-0.15, -0.1) is 0 Å². The summed E-state index contributed by atoms with van der Waals surface area (Å²) in [6.45, 7) is 0. The van der Waals surface area contributed by atoms with Gasteiger partial charge in [-0.05, 0) is 40.2 Å². The van der Waals surface area contributed by atoms with Gasteiger partial charge in [0.1, 0.15) is 16.0 Å². The van der Waals surface area contributed by atoms with Crippen LogP contribution in [0.3, 0.4) is 0 Å². The predicted octanol–water partition coefficient (Wildman–Crippen LogP) is 4.12. The second kappa shape index (κ2) is 4.60. The van der Waals surface area contributed by atoms with Crippen molar-refractivity contribution in [2.45, 2.75) is 0 Å². The molecule has 0 aliphatic heterocycles. The molecule has 4 heteroatoms. The van der Waals surface area contributed by atoms with E-state index < -0.39 is 0 Å². The van der Waals surface area contributed by atoms with Crippen LogP contribution in [0.1, 0.15) is 15.9 Å². The van der Waals surface area contributed by atoms with E-state index in [9.17, 15) is 4.79 Å². The monoisotopic (exact) mass is 336 g/mol. The fourth-order valence-corrected chi connectivity index (χ4v) is 2.85. The molecule has 0 saturated heterocycles. The van der Waals surface area contributed by atoms with Gasteiger partial charge in [0.2, 0.25) is 0 Å². The molecule has 0 amide bonds. The number of ketones is 1. The molecule has 1 aliphatic rings. The van der Waals surface area contributed by atoms with Crippen molar-refractivity contribution in [1.82, 2.24) is 9.97 Å². The van der Waals surface area contributed by atoms with Gasteiger partial charge in [0, 0.05) is 5.56 Å². The Bertz CT molecular complexity index is 875. The molecule has 0 fully saturated rings. The molecule has 0 atom stereocenters. The van der Waals surface area contributed by atoms with E-state index in [0.717, 1.165) is 11.3 Å². The Kier molecular flexibility index (Phi) is 2.72. The summed E-state index contributed by atoms with van der Waals surface area (Å²) >= 11 is 3.35. The molecule has 3 aromatic rings. The third-order valence-electron chi connectivity index (χ3n) is 3.54. The van der Waals surface area contributed by atoms with E-state index in [0.29, 0.717) is 27.1 Å². The van der Waals surface area contributed by atoms with Crippen molar-refractivity contribution in [1.29, 1.82) is 0 Å². The molecular weight excluding hydrogens is 328 g/mol. The molecule has 2 aromatic heterocycles. The minimum atomic E-state index is -0.00730. The summed E-state index contributed by atoms with van der Waals surface area (Å²) < 4.78 is 0.703. The highest BCUT2D eigenvalue weighted by Crippen LogP contribution is 2.35. The number of hydrogen-bond donors (Lipinski definition) is 0. The molecule has 0 unspecified atom stereocenters. The molecule has 4 rings (SSSR count). The number of nitrogens with zero attached hydrogens (tertiary/aromatic N) is 2. The van der Waals surface area contributed by atoms with Crippen LogP contribution in [0.4, 0.5) is 0 Å². The Balaban J connectivity index is 1.95. The Labute approximate surface area is 129 Å². The van der Waals surface area contributed by atoms with Crippen LogP contribution >= 0.6 is 15.9 Å². The minimum Gasteiger partial charge on any atom is -0.288 e. The van der Waals surface area contributed by atoms with E-state index in [1.807, 2.05) is 42.5 Å². The van der Waals surface area contributed by atoms with Gasteiger partial charge in [-0.25, -0.2) is 9.97 Å². The molecule has 0 radical (unpaired) electrons. The van der Waals surface area contributed by atoms with E-state index >= 15 is 0 Å². The lowest BCUT2D eigenvalue weighted by Crippen LogP contribution is -1.95. The Morgan fingerprint density at radius 2 is 1.43 bits per heavy atom. The molecule has 0 N–H and O–H groups in total. The molecule has 0 bridgehead atoms. The van der Waals surface area contributed by atoms with Crippen molar-refractivity contribution < 1.29 is 4.79 Å². The van der Waals surface area contributed by atoms with Crippen LogP contribution < -0.4 is 0 Å². The van der Waals surface area contributed by atoms with Crippen molar-refractivity contribution in [3.63, 3.8) is 0 Å². The predicted molar refractivity (Wildman–Crippen MR) is 84.0 cm³/mol. The number of carbonyl (C=O) groups is 1. The second-order valence-corrected chi connectivity index (χ2v) is 5.63. The topological polar surface area (TPSA) is 42.9 Å². The standard InChI is InChI=1S/C17H9BrN2O/c18-14-9-7-12-16(20-14)15-11(17(12)21)6-8-13(19-15)10-4-2-1-3-5-10/h1-9H. The largest absolute Gasteiger partial charge is 0.288 e. The Morgan fingerprint density at radius 3 is 2.19 bits per heavy atom. The van der Waals surface area contributed by atoms with Crippen LogP contribution in [0.5, 0.6) is 0 Å². The number of carbonyl (C=O) groups excluding carboxylic acids is 1. The summed E-state index contributed by atoms with van der Waals surface area (Å²) in [5.74, 6) is -0.00730. The normalized spacial score (nSPS) is 12.1.